The lowest BCUT2D eigenvalue weighted by molar-refractivity contribution is 0.0390. The van der Waals surface area contributed by atoms with Gasteiger partial charge in [0, 0.05) is 38.3 Å². The van der Waals surface area contributed by atoms with Crippen LogP contribution in [0.3, 0.4) is 0 Å². The van der Waals surface area contributed by atoms with Crippen molar-refractivity contribution in [2.75, 3.05) is 45.8 Å². The third-order valence-corrected chi connectivity index (χ3v) is 5.69. The number of likely N-dealkylation sites (tertiary alicyclic amines) is 1. The van der Waals surface area contributed by atoms with Gasteiger partial charge in [-0.1, -0.05) is 13.8 Å². The molecule has 0 N–H and O–H groups in total. The van der Waals surface area contributed by atoms with Gasteiger partial charge in [0.25, 0.3) is 0 Å². The van der Waals surface area contributed by atoms with Crippen molar-refractivity contribution < 1.29 is 0 Å². The Morgan fingerprint density at radius 1 is 1.00 bits per heavy atom. The fourth-order valence-corrected chi connectivity index (χ4v) is 4.44. The van der Waals surface area contributed by atoms with Crippen LogP contribution in [0, 0.1) is 5.92 Å². The average molecular weight is 265 g/mol. The van der Waals surface area contributed by atoms with Crippen LogP contribution in [0.2, 0.25) is 0 Å². The first-order chi connectivity index (χ1) is 9.30. The summed E-state index contributed by atoms with van der Waals surface area (Å²) in [5.41, 5.74) is 0. The van der Waals surface area contributed by atoms with Crippen LogP contribution in [0.25, 0.3) is 0 Å². The maximum absolute atomic E-state index is 2.84. The molecule has 3 rings (SSSR count). The third kappa shape index (κ3) is 2.98. The molecule has 0 spiro atoms. The average Bonchev–Trinajstić information content (AvgIpc) is 3.06. The van der Waals surface area contributed by atoms with Crippen LogP contribution < -0.4 is 0 Å². The van der Waals surface area contributed by atoms with Crippen LogP contribution in [0.15, 0.2) is 0 Å². The molecule has 0 aromatic rings. The number of fused-ring (bicyclic) bond motifs is 1. The minimum absolute atomic E-state index is 0.824. The number of hydrogen-bond donors (Lipinski definition) is 0. The summed E-state index contributed by atoms with van der Waals surface area (Å²) in [6.45, 7) is 14.0. The van der Waals surface area contributed by atoms with Crippen LogP contribution in [0.5, 0.6) is 0 Å². The number of nitrogens with zero attached hydrogens (tertiary/aromatic N) is 3. The number of piperazine rings is 1. The summed E-state index contributed by atoms with van der Waals surface area (Å²) in [4.78, 5) is 8.23. The smallest absolute Gasteiger partial charge is 0.0224 e. The van der Waals surface area contributed by atoms with Crippen molar-refractivity contribution in [2.24, 2.45) is 5.92 Å². The second-order valence-corrected chi connectivity index (χ2v) is 6.85. The van der Waals surface area contributed by atoms with Gasteiger partial charge < -0.3 is 4.90 Å². The van der Waals surface area contributed by atoms with Gasteiger partial charge in [0.1, 0.15) is 0 Å². The number of rotatable bonds is 4. The van der Waals surface area contributed by atoms with E-state index in [1.54, 1.807) is 0 Å². The molecule has 3 fully saturated rings. The largest absolute Gasteiger partial charge is 0.303 e. The standard InChI is InChI=1S/C16H31N3/c1-3-15-12-18-8-5-6-16(18)13-19(15)11-14-7-9-17(4-2)10-14/h14-16H,3-13H2,1-2H3. The minimum Gasteiger partial charge on any atom is -0.303 e. The van der Waals surface area contributed by atoms with Gasteiger partial charge in [-0.15, -0.1) is 0 Å². The predicted octanol–water partition coefficient (Wildman–Crippen LogP) is 1.89. The first kappa shape index (κ1) is 13.8. The summed E-state index contributed by atoms with van der Waals surface area (Å²) in [6, 6.07) is 1.71. The first-order valence-corrected chi connectivity index (χ1v) is 8.50. The fraction of sp³-hybridized carbons (Fsp3) is 1.00. The molecule has 0 aliphatic carbocycles. The van der Waals surface area contributed by atoms with E-state index in [0.717, 1.165) is 18.0 Å². The van der Waals surface area contributed by atoms with Crippen molar-refractivity contribution >= 4 is 0 Å². The summed E-state index contributed by atoms with van der Waals surface area (Å²) < 4.78 is 0. The van der Waals surface area contributed by atoms with Gasteiger partial charge in [-0.25, -0.2) is 0 Å². The highest BCUT2D eigenvalue weighted by molar-refractivity contribution is 4.93. The Bertz CT molecular complexity index is 294. The Morgan fingerprint density at radius 3 is 2.63 bits per heavy atom. The van der Waals surface area contributed by atoms with E-state index < -0.39 is 0 Å². The van der Waals surface area contributed by atoms with Crippen LogP contribution in [-0.4, -0.2) is 72.6 Å². The monoisotopic (exact) mass is 265 g/mol. The van der Waals surface area contributed by atoms with E-state index in [9.17, 15) is 0 Å². The second kappa shape index (κ2) is 6.11. The number of hydrogen-bond acceptors (Lipinski definition) is 3. The molecule has 3 aliphatic rings. The van der Waals surface area contributed by atoms with E-state index >= 15 is 0 Å². The van der Waals surface area contributed by atoms with E-state index in [4.69, 9.17) is 0 Å². The van der Waals surface area contributed by atoms with Gasteiger partial charge >= 0.3 is 0 Å². The fourth-order valence-electron chi connectivity index (χ4n) is 4.44. The van der Waals surface area contributed by atoms with Crippen molar-refractivity contribution in [1.29, 1.82) is 0 Å². The van der Waals surface area contributed by atoms with Gasteiger partial charge in [-0.05, 0) is 51.2 Å². The molecule has 3 aliphatic heterocycles. The molecular formula is C16H31N3. The summed E-state index contributed by atoms with van der Waals surface area (Å²) in [5.74, 6) is 0.932. The van der Waals surface area contributed by atoms with Crippen LogP contribution in [0.4, 0.5) is 0 Å². The van der Waals surface area contributed by atoms with Gasteiger partial charge in [-0.3, -0.25) is 9.80 Å². The third-order valence-electron chi connectivity index (χ3n) is 5.69. The van der Waals surface area contributed by atoms with Crippen molar-refractivity contribution in [1.82, 2.24) is 14.7 Å². The van der Waals surface area contributed by atoms with Crippen LogP contribution in [-0.2, 0) is 0 Å². The first-order valence-electron chi connectivity index (χ1n) is 8.50. The normalized spacial score (nSPS) is 37.9. The lowest BCUT2D eigenvalue weighted by Gasteiger charge is -2.44. The molecule has 110 valence electrons. The molecule has 0 saturated carbocycles. The molecular weight excluding hydrogens is 234 g/mol. The highest BCUT2D eigenvalue weighted by Crippen LogP contribution is 2.27. The second-order valence-electron chi connectivity index (χ2n) is 6.85. The summed E-state index contributed by atoms with van der Waals surface area (Å²) >= 11 is 0. The molecule has 3 nitrogen and oxygen atoms in total. The molecule has 0 bridgehead atoms. The Kier molecular flexibility index (Phi) is 4.45. The van der Waals surface area contributed by atoms with E-state index in [1.807, 2.05) is 0 Å². The van der Waals surface area contributed by atoms with Gasteiger partial charge in [0.2, 0.25) is 0 Å². The molecule has 3 unspecified atom stereocenters. The molecule has 0 radical (unpaired) electrons. The molecule has 0 aromatic heterocycles. The predicted molar refractivity (Wildman–Crippen MR) is 80.5 cm³/mol. The lowest BCUT2D eigenvalue weighted by Crippen LogP contribution is -2.56. The Hall–Kier alpha value is -0.120. The molecule has 3 heterocycles. The lowest BCUT2D eigenvalue weighted by atomic mass is 10.0. The zero-order valence-corrected chi connectivity index (χ0v) is 12.9. The Balaban J connectivity index is 1.56. The van der Waals surface area contributed by atoms with Crippen LogP contribution in [0.1, 0.15) is 39.5 Å². The molecule has 0 amide bonds. The summed E-state index contributed by atoms with van der Waals surface area (Å²) in [7, 11) is 0. The topological polar surface area (TPSA) is 9.72 Å². The zero-order valence-electron chi connectivity index (χ0n) is 12.9. The highest BCUT2D eigenvalue weighted by atomic mass is 15.3. The zero-order chi connectivity index (χ0) is 13.2. The molecule has 3 saturated heterocycles. The van der Waals surface area contributed by atoms with E-state index in [1.165, 1.54) is 71.5 Å². The van der Waals surface area contributed by atoms with E-state index in [2.05, 4.69) is 28.5 Å². The van der Waals surface area contributed by atoms with Crippen molar-refractivity contribution in [3.05, 3.63) is 0 Å². The van der Waals surface area contributed by atoms with E-state index in [-0.39, 0.29) is 0 Å². The SMILES string of the molecule is CCC1CN2CCCC2CN1CC1CCN(CC)C1. The van der Waals surface area contributed by atoms with Crippen molar-refractivity contribution in [3.8, 4) is 0 Å². The summed E-state index contributed by atoms with van der Waals surface area (Å²) in [6.07, 6.45) is 5.63. The molecule has 19 heavy (non-hydrogen) atoms. The van der Waals surface area contributed by atoms with Crippen LogP contribution >= 0.6 is 0 Å². The molecule has 3 atom stereocenters. The summed E-state index contributed by atoms with van der Waals surface area (Å²) in [5, 5.41) is 0. The molecule has 0 aromatic carbocycles. The minimum atomic E-state index is 0.824. The Labute approximate surface area is 118 Å². The van der Waals surface area contributed by atoms with Gasteiger partial charge in [0.15, 0.2) is 0 Å². The highest BCUT2D eigenvalue weighted by Gasteiger charge is 2.36. The van der Waals surface area contributed by atoms with Gasteiger partial charge in [-0.2, -0.15) is 0 Å². The maximum atomic E-state index is 2.84. The van der Waals surface area contributed by atoms with E-state index in [0.29, 0.717) is 0 Å². The molecule has 3 heteroatoms. The van der Waals surface area contributed by atoms with Gasteiger partial charge in [0.05, 0.1) is 0 Å². The maximum Gasteiger partial charge on any atom is 0.0224 e. The Morgan fingerprint density at radius 2 is 1.89 bits per heavy atom. The quantitative estimate of drug-likeness (QED) is 0.768. The van der Waals surface area contributed by atoms with Crippen molar-refractivity contribution in [2.45, 2.75) is 51.6 Å². The van der Waals surface area contributed by atoms with Crippen molar-refractivity contribution in [3.63, 3.8) is 0 Å².